The molecule has 1 saturated heterocycles. The monoisotopic (exact) mass is 381 g/mol. The number of nitrogens with zero attached hydrogens (tertiary/aromatic N) is 2. The molecule has 0 atom stereocenters. The highest BCUT2D eigenvalue weighted by Crippen LogP contribution is 2.18. The molecule has 2 aromatic rings. The number of anilines is 1. The van der Waals surface area contributed by atoms with E-state index in [-0.39, 0.29) is 6.03 Å². The zero-order chi connectivity index (χ0) is 19.9. The van der Waals surface area contributed by atoms with Gasteiger partial charge in [0, 0.05) is 25.8 Å². The molecule has 0 spiro atoms. The molecule has 1 aliphatic rings. The summed E-state index contributed by atoms with van der Waals surface area (Å²) in [6.45, 7) is 3.76. The van der Waals surface area contributed by atoms with E-state index in [9.17, 15) is 9.59 Å². The average Bonchev–Trinajstić information content (AvgIpc) is 3.22. The second kappa shape index (κ2) is 9.37. The number of rotatable bonds is 6. The molecule has 28 heavy (non-hydrogen) atoms. The second-order valence-electron chi connectivity index (χ2n) is 7.11. The first-order valence-corrected chi connectivity index (χ1v) is 9.56. The summed E-state index contributed by atoms with van der Waals surface area (Å²) >= 11 is 0. The van der Waals surface area contributed by atoms with Gasteiger partial charge in [-0.3, -0.25) is 4.90 Å². The van der Waals surface area contributed by atoms with Crippen molar-refractivity contribution < 1.29 is 14.3 Å². The molecule has 0 saturated carbocycles. The van der Waals surface area contributed by atoms with Crippen LogP contribution in [-0.4, -0.2) is 49.0 Å². The number of hydrogen-bond acceptors (Lipinski definition) is 4. The molecule has 1 fully saturated rings. The molecular weight excluding hydrogens is 354 g/mol. The van der Waals surface area contributed by atoms with E-state index in [2.05, 4.69) is 33.2 Å². The first-order valence-electron chi connectivity index (χ1n) is 9.56. The van der Waals surface area contributed by atoms with Crippen molar-refractivity contribution in [2.75, 3.05) is 32.6 Å². The van der Waals surface area contributed by atoms with Crippen LogP contribution in [0.1, 0.15) is 34.3 Å². The summed E-state index contributed by atoms with van der Waals surface area (Å²) in [5, 5.41) is 2.86. The molecule has 1 N–H and O–H groups in total. The maximum Gasteiger partial charge on any atom is 0.337 e. The molecule has 0 unspecified atom stereocenters. The van der Waals surface area contributed by atoms with Crippen molar-refractivity contribution in [3.8, 4) is 0 Å². The van der Waals surface area contributed by atoms with Crippen molar-refractivity contribution in [1.29, 1.82) is 0 Å². The Bertz CT molecular complexity index is 814. The predicted octanol–water partition coefficient (Wildman–Crippen LogP) is 3.73. The lowest BCUT2D eigenvalue weighted by molar-refractivity contribution is 0.0600. The average molecular weight is 381 g/mol. The molecule has 3 rings (SSSR count). The highest BCUT2D eigenvalue weighted by molar-refractivity contribution is 5.92. The maximum absolute atomic E-state index is 12.6. The Labute approximate surface area is 166 Å². The van der Waals surface area contributed by atoms with E-state index >= 15 is 0 Å². The molecule has 0 bridgehead atoms. The summed E-state index contributed by atoms with van der Waals surface area (Å²) in [5.74, 6) is -0.399. The zero-order valence-corrected chi connectivity index (χ0v) is 16.5. The van der Waals surface area contributed by atoms with Gasteiger partial charge in [0.15, 0.2) is 0 Å². The van der Waals surface area contributed by atoms with E-state index in [0.717, 1.165) is 25.2 Å². The zero-order valence-electron chi connectivity index (χ0n) is 16.5. The van der Waals surface area contributed by atoms with Gasteiger partial charge in [-0.1, -0.05) is 24.3 Å². The van der Waals surface area contributed by atoms with Crippen molar-refractivity contribution in [2.45, 2.75) is 25.9 Å². The summed E-state index contributed by atoms with van der Waals surface area (Å²) in [6, 6.07) is 14.8. The molecule has 6 nitrogen and oxygen atoms in total. The van der Waals surface area contributed by atoms with E-state index in [1.54, 1.807) is 36.2 Å². The quantitative estimate of drug-likeness (QED) is 0.775. The lowest BCUT2D eigenvalue weighted by Crippen LogP contribution is -2.31. The highest BCUT2D eigenvalue weighted by atomic mass is 16.5. The van der Waals surface area contributed by atoms with Gasteiger partial charge in [-0.05, 0) is 61.3 Å². The number of carbonyl (C=O) groups excluding carboxylic acids is 2. The van der Waals surface area contributed by atoms with Gasteiger partial charge >= 0.3 is 12.0 Å². The number of esters is 1. The van der Waals surface area contributed by atoms with Gasteiger partial charge in [-0.15, -0.1) is 0 Å². The number of likely N-dealkylation sites (tertiary alicyclic amines) is 1. The van der Waals surface area contributed by atoms with Gasteiger partial charge in [0.1, 0.15) is 0 Å². The largest absolute Gasteiger partial charge is 0.465 e. The summed E-state index contributed by atoms with van der Waals surface area (Å²) in [4.78, 5) is 28.2. The number of nitrogens with one attached hydrogen (secondary N) is 1. The van der Waals surface area contributed by atoms with Gasteiger partial charge in [0.05, 0.1) is 12.7 Å². The number of carbonyl (C=O) groups is 2. The Hall–Kier alpha value is -2.86. The van der Waals surface area contributed by atoms with Crippen LogP contribution in [0.5, 0.6) is 0 Å². The summed E-state index contributed by atoms with van der Waals surface area (Å²) in [7, 11) is 3.12. The number of hydrogen-bond donors (Lipinski definition) is 1. The Morgan fingerprint density at radius 1 is 1.04 bits per heavy atom. The van der Waals surface area contributed by atoms with Crippen LogP contribution in [0.25, 0.3) is 0 Å². The summed E-state index contributed by atoms with van der Waals surface area (Å²) in [6.07, 6.45) is 2.53. The van der Waals surface area contributed by atoms with E-state index in [1.807, 2.05) is 6.07 Å². The van der Waals surface area contributed by atoms with Crippen molar-refractivity contribution in [3.05, 3.63) is 65.2 Å². The van der Waals surface area contributed by atoms with Crippen LogP contribution in [0.3, 0.4) is 0 Å². The van der Waals surface area contributed by atoms with Crippen molar-refractivity contribution >= 4 is 17.7 Å². The molecule has 2 amide bonds. The highest BCUT2D eigenvalue weighted by Gasteiger charge is 2.16. The first-order chi connectivity index (χ1) is 13.6. The standard InChI is InChI=1S/C22H27N3O3/c1-24(22(27)23-20-11-9-17(10-12-20)21(26)28-2)15-18-7-3-4-8-19(18)16-25-13-5-6-14-25/h3-4,7-12H,5-6,13-16H2,1-2H3,(H,23,27). The van der Waals surface area contributed by atoms with Crippen molar-refractivity contribution in [2.24, 2.45) is 0 Å². The SMILES string of the molecule is COC(=O)c1ccc(NC(=O)N(C)Cc2ccccc2CN2CCCC2)cc1. The van der Waals surface area contributed by atoms with E-state index in [4.69, 9.17) is 0 Å². The Morgan fingerprint density at radius 2 is 1.68 bits per heavy atom. The van der Waals surface area contributed by atoms with Gasteiger partial charge in [0.25, 0.3) is 0 Å². The molecule has 0 radical (unpaired) electrons. The molecule has 2 aromatic carbocycles. The molecular formula is C22H27N3O3. The lowest BCUT2D eigenvalue weighted by atomic mass is 10.1. The van der Waals surface area contributed by atoms with Crippen LogP contribution in [0.4, 0.5) is 10.5 Å². The third kappa shape index (κ3) is 5.10. The van der Waals surface area contributed by atoms with Crippen molar-refractivity contribution in [3.63, 3.8) is 0 Å². The van der Waals surface area contributed by atoms with Crippen LogP contribution in [-0.2, 0) is 17.8 Å². The molecule has 1 heterocycles. The van der Waals surface area contributed by atoms with E-state index in [1.165, 1.54) is 25.5 Å². The van der Waals surface area contributed by atoms with Crippen molar-refractivity contribution in [1.82, 2.24) is 9.80 Å². The normalized spacial score (nSPS) is 13.9. The number of methoxy groups -OCH3 is 1. The van der Waals surface area contributed by atoms with Crippen LogP contribution < -0.4 is 5.32 Å². The molecule has 0 aromatic heterocycles. The van der Waals surface area contributed by atoms with E-state index < -0.39 is 5.97 Å². The fourth-order valence-electron chi connectivity index (χ4n) is 3.40. The molecule has 0 aliphatic carbocycles. The third-order valence-corrected chi connectivity index (χ3v) is 5.02. The minimum absolute atomic E-state index is 0.193. The van der Waals surface area contributed by atoms with Crippen LogP contribution in [0, 0.1) is 0 Å². The van der Waals surface area contributed by atoms with Gasteiger partial charge < -0.3 is 15.0 Å². The molecule has 1 aliphatic heterocycles. The summed E-state index contributed by atoms with van der Waals surface area (Å²) in [5.41, 5.74) is 3.51. The van der Waals surface area contributed by atoms with Crippen LogP contribution >= 0.6 is 0 Å². The maximum atomic E-state index is 12.6. The predicted molar refractivity (Wildman–Crippen MR) is 109 cm³/mol. The minimum atomic E-state index is -0.399. The fourth-order valence-corrected chi connectivity index (χ4v) is 3.40. The minimum Gasteiger partial charge on any atom is -0.465 e. The van der Waals surface area contributed by atoms with Gasteiger partial charge in [0.2, 0.25) is 0 Å². The summed E-state index contributed by atoms with van der Waals surface area (Å²) < 4.78 is 4.68. The Morgan fingerprint density at radius 3 is 2.32 bits per heavy atom. The first kappa shape index (κ1) is 19.9. The number of urea groups is 1. The molecule has 148 valence electrons. The number of ether oxygens (including phenoxy) is 1. The Balaban J connectivity index is 1.60. The third-order valence-electron chi connectivity index (χ3n) is 5.02. The second-order valence-corrected chi connectivity index (χ2v) is 7.11. The number of amides is 2. The topological polar surface area (TPSA) is 61.9 Å². The van der Waals surface area contributed by atoms with Crippen LogP contribution in [0.2, 0.25) is 0 Å². The number of benzene rings is 2. The Kier molecular flexibility index (Phi) is 6.66. The smallest absolute Gasteiger partial charge is 0.337 e. The van der Waals surface area contributed by atoms with E-state index in [0.29, 0.717) is 17.8 Å². The van der Waals surface area contributed by atoms with Crippen LogP contribution in [0.15, 0.2) is 48.5 Å². The van der Waals surface area contributed by atoms with Gasteiger partial charge in [-0.25, -0.2) is 9.59 Å². The lowest BCUT2D eigenvalue weighted by Gasteiger charge is -2.22. The molecule has 6 heteroatoms. The van der Waals surface area contributed by atoms with Gasteiger partial charge in [-0.2, -0.15) is 0 Å². The fraction of sp³-hybridized carbons (Fsp3) is 0.364.